The number of hydrogen-bond donors (Lipinski definition) is 3. The molecule has 0 aromatic heterocycles. The fraction of sp³-hybridized carbons (Fsp3) is 0.500. The first kappa shape index (κ1) is 16.5. The SMILES string of the molecule is O=C(CNCCCCCCO)Nc1c(F)cccc1F. The lowest BCUT2D eigenvalue weighted by Gasteiger charge is -2.08. The summed E-state index contributed by atoms with van der Waals surface area (Å²) in [5.74, 6) is -2.06. The van der Waals surface area contributed by atoms with E-state index < -0.39 is 23.2 Å². The average molecular weight is 286 g/mol. The quantitative estimate of drug-likeness (QED) is 0.609. The van der Waals surface area contributed by atoms with Gasteiger partial charge in [-0.2, -0.15) is 0 Å². The molecule has 6 heteroatoms. The van der Waals surface area contributed by atoms with Gasteiger partial charge in [-0.05, 0) is 31.5 Å². The highest BCUT2D eigenvalue weighted by Crippen LogP contribution is 2.17. The molecule has 1 aromatic rings. The monoisotopic (exact) mass is 286 g/mol. The number of anilines is 1. The lowest BCUT2D eigenvalue weighted by Crippen LogP contribution is -2.29. The molecule has 3 N–H and O–H groups in total. The molecule has 0 fully saturated rings. The molecule has 0 unspecified atom stereocenters. The summed E-state index contributed by atoms with van der Waals surface area (Å²) < 4.78 is 26.6. The number of carbonyl (C=O) groups excluding carboxylic acids is 1. The van der Waals surface area contributed by atoms with Crippen molar-refractivity contribution in [1.29, 1.82) is 0 Å². The van der Waals surface area contributed by atoms with Crippen LogP contribution in [0.5, 0.6) is 0 Å². The van der Waals surface area contributed by atoms with Crippen LogP contribution in [-0.2, 0) is 4.79 Å². The van der Waals surface area contributed by atoms with Crippen molar-refractivity contribution in [2.24, 2.45) is 0 Å². The number of benzene rings is 1. The number of carbonyl (C=O) groups is 1. The highest BCUT2D eigenvalue weighted by Gasteiger charge is 2.11. The lowest BCUT2D eigenvalue weighted by molar-refractivity contribution is -0.115. The third kappa shape index (κ3) is 6.08. The van der Waals surface area contributed by atoms with Crippen LogP contribution in [0.25, 0.3) is 0 Å². The normalized spacial score (nSPS) is 10.6. The van der Waals surface area contributed by atoms with Crippen LogP contribution in [0.1, 0.15) is 25.7 Å². The number of halogens is 2. The maximum atomic E-state index is 13.3. The third-order valence-electron chi connectivity index (χ3n) is 2.77. The highest BCUT2D eigenvalue weighted by molar-refractivity contribution is 5.92. The van der Waals surface area contributed by atoms with Gasteiger partial charge in [0.1, 0.15) is 17.3 Å². The van der Waals surface area contributed by atoms with Crippen LogP contribution in [0.15, 0.2) is 18.2 Å². The maximum Gasteiger partial charge on any atom is 0.238 e. The fourth-order valence-electron chi connectivity index (χ4n) is 1.72. The first-order valence-electron chi connectivity index (χ1n) is 6.70. The van der Waals surface area contributed by atoms with E-state index in [0.29, 0.717) is 6.54 Å². The van der Waals surface area contributed by atoms with E-state index in [9.17, 15) is 13.6 Å². The predicted molar refractivity (Wildman–Crippen MR) is 73.4 cm³/mol. The van der Waals surface area contributed by atoms with Crippen molar-refractivity contribution in [3.05, 3.63) is 29.8 Å². The molecule has 0 radical (unpaired) electrons. The van der Waals surface area contributed by atoms with E-state index in [1.165, 1.54) is 6.07 Å². The minimum atomic E-state index is -0.789. The summed E-state index contributed by atoms with van der Waals surface area (Å²) in [5, 5.41) is 13.7. The summed E-state index contributed by atoms with van der Waals surface area (Å²) in [6.45, 7) is 0.858. The second kappa shape index (κ2) is 9.39. The molecule has 20 heavy (non-hydrogen) atoms. The Kier molecular flexibility index (Phi) is 7.75. The average Bonchev–Trinajstić information content (AvgIpc) is 2.42. The van der Waals surface area contributed by atoms with E-state index in [0.717, 1.165) is 37.8 Å². The van der Waals surface area contributed by atoms with Gasteiger partial charge in [-0.1, -0.05) is 18.9 Å². The molecule has 0 spiro atoms. The summed E-state index contributed by atoms with van der Waals surface area (Å²) in [7, 11) is 0. The van der Waals surface area contributed by atoms with Gasteiger partial charge in [0.25, 0.3) is 0 Å². The van der Waals surface area contributed by atoms with Gasteiger partial charge in [-0.3, -0.25) is 4.79 Å². The molecule has 0 aliphatic rings. The molecule has 1 amide bonds. The van der Waals surface area contributed by atoms with Crippen molar-refractivity contribution in [2.45, 2.75) is 25.7 Å². The van der Waals surface area contributed by atoms with E-state index in [2.05, 4.69) is 10.6 Å². The fourth-order valence-corrected chi connectivity index (χ4v) is 1.72. The topological polar surface area (TPSA) is 61.4 Å². The third-order valence-corrected chi connectivity index (χ3v) is 2.77. The van der Waals surface area contributed by atoms with E-state index in [4.69, 9.17) is 5.11 Å². The van der Waals surface area contributed by atoms with E-state index in [1.807, 2.05) is 0 Å². The van der Waals surface area contributed by atoms with Gasteiger partial charge in [-0.25, -0.2) is 8.78 Å². The molecule has 0 bridgehead atoms. The van der Waals surface area contributed by atoms with Crippen LogP contribution in [0.2, 0.25) is 0 Å². The number of unbranched alkanes of at least 4 members (excludes halogenated alkanes) is 3. The molecule has 1 aromatic carbocycles. The predicted octanol–water partition coefficient (Wildman–Crippen LogP) is 2.05. The van der Waals surface area contributed by atoms with E-state index in [-0.39, 0.29) is 13.2 Å². The zero-order valence-corrected chi connectivity index (χ0v) is 11.3. The van der Waals surface area contributed by atoms with Gasteiger partial charge < -0.3 is 15.7 Å². The molecule has 4 nitrogen and oxygen atoms in total. The van der Waals surface area contributed by atoms with Gasteiger partial charge in [0.05, 0.1) is 6.54 Å². The largest absolute Gasteiger partial charge is 0.396 e. The molecule has 112 valence electrons. The van der Waals surface area contributed by atoms with Crippen LogP contribution >= 0.6 is 0 Å². The summed E-state index contributed by atoms with van der Waals surface area (Å²) in [5.41, 5.74) is -0.415. The lowest BCUT2D eigenvalue weighted by atomic mass is 10.2. The molecular formula is C14H20F2N2O2. The van der Waals surface area contributed by atoms with Crippen molar-refractivity contribution in [1.82, 2.24) is 5.32 Å². The van der Waals surface area contributed by atoms with Gasteiger partial charge in [0.2, 0.25) is 5.91 Å². The molecule has 1 rings (SSSR count). The Morgan fingerprint density at radius 2 is 1.75 bits per heavy atom. The zero-order chi connectivity index (χ0) is 14.8. The van der Waals surface area contributed by atoms with Crippen LogP contribution in [0.4, 0.5) is 14.5 Å². The van der Waals surface area contributed by atoms with Crippen LogP contribution < -0.4 is 10.6 Å². The highest BCUT2D eigenvalue weighted by atomic mass is 19.1. The summed E-state index contributed by atoms with van der Waals surface area (Å²) >= 11 is 0. The summed E-state index contributed by atoms with van der Waals surface area (Å²) in [6, 6.07) is 3.42. The molecule has 0 aliphatic heterocycles. The summed E-state index contributed by atoms with van der Waals surface area (Å²) in [4.78, 5) is 11.5. The van der Waals surface area contributed by atoms with Crippen LogP contribution in [0.3, 0.4) is 0 Å². The molecule has 0 saturated heterocycles. The van der Waals surface area contributed by atoms with Crippen LogP contribution in [-0.4, -0.2) is 30.7 Å². The molecule has 0 heterocycles. The first-order chi connectivity index (χ1) is 9.65. The molecule has 0 aliphatic carbocycles. The Hall–Kier alpha value is -1.53. The number of amides is 1. The number of nitrogens with one attached hydrogen (secondary N) is 2. The Morgan fingerprint density at radius 1 is 1.10 bits per heavy atom. The maximum absolute atomic E-state index is 13.3. The summed E-state index contributed by atoms with van der Waals surface area (Å²) in [6.07, 6.45) is 3.59. The van der Waals surface area contributed by atoms with Crippen molar-refractivity contribution in [3.63, 3.8) is 0 Å². The van der Waals surface area contributed by atoms with Crippen molar-refractivity contribution in [2.75, 3.05) is 25.0 Å². The van der Waals surface area contributed by atoms with Gasteiger partial charge in [-0.15, -0.1) is 0 Å². The molecule has 0 atom stereocenters. The number of aliphatic hydroxyl groups excluding tert-OH is 1. The van der Waals surface area contributed by atoms with Gasteiger partial charge in [0, 0.05) is 6.61 Å². The van der Waals surface area contributed by atoms with Crippen LogP contribution in [0, 0.1) is 11.6 Å². The number of hydrogen-bond acceptors (Lipinski definition) is 3. The van der Waals surface area contributed by atoms with Gasteiger partial charge >= 0.3 is 0 Å². The molecule has 0 saturated carbocycles. The molecular weight excluding hydrogens is 266 g/mol. The minimum absolute atomic E-state index is 0.00771. The van der Waals surface area contributed by atoms with Crippen molar-refractivity contribution < 1.29 is 18.7 Å². The van der Waals surface area contributed by atoms with E-state index >= 15 is 0 Å². The standard InChI is InChI=1S/C14H20F2N2O2/c15-11-6-5-7-12(16)14(11)18-13(20)10-17-8-3-1-2-4-9-19/h5-7,17,19H,1-4,8-10H2,(H,18,20). The second-order valence-electron chi connectivity index (χ2n) is 4.46. The Morgan fingerprint density at radius 3 is 2.40 bits per heavy atom. The van der Waals surface area contributed by atoms with E-state index in [1.54, 1.807) is 0 Å². The second-order valence-corrected chi connectivity index (χ2v) is 4.46. The zero-order valence-electron chi connectivity index (χ0n) is 11.3. The Balaban J connectivity index is 2.21. The minimum Gasteiger partial charge on any atom is -0.396 e. The van der Waals surface area contributed by atoms with Gasteiger partial charge in [0.15, 0.2) is 0 Å². The number of aliphatic hydroxyl groups is 1. The number of rotatable bonds is 9. The smallest absolute Gasteiger partial charge is 0.238 e. The first-order valence-corrected chi connectivity index (χ1v) is 6.70. The Bertz CT molecular complexity index is 407. The Labute approximate surface area is 117 Å². The number of para-hydroxylation sites is 1. The van der Waals surface area contributed by atoms with Crippen molar-refractivity contribution >= 4 is 11.6 Å². The van der Waals surface area contributed by atoms with Crippen molar-refractivity contribution in [3.8, 4) is 0 Å².